The molecule has 1 aromatic rings. The molecule has 2 unspecified atom stereocenters. The van der Waals surface area contributed by atoms with Gasteiger partial charge in [-0.2, -0.15) is 0 Å². The van der Waals surface area contributed by atoms with E-state index >= 15 is 0 Å². The summed E-state index contributed by atoms with van der Waals surface area (Å²) in [6.07, 6.45) is -1.48. The smallest absolute Gasteiger partial charge is 0.105 e. The van der Waals surface area contributed by atoms with E-state index in [4.69, 9.17) is 0 Å². The molecule has 1 aromatic carbocycles. The molecule has 0 aliphatic rings. The van der Waals surface area contributed by atoms with Crippen LogP contribution in [0.15, 0.2) is 24.3 Å². The molecule has 2 atom stereocenters. The average Bonchev–Trinajstić information content (AvgIpc) is 2.16. The topological polar surface area (TPSA) is 40.5 Å². The summed E-state index contributed by atoms with van der Waals surface area (Å²) in [6, 6.07) is 7.58. The van der Waals surface area contributed by atoms with Crippen LogP contribution in [0, 0.1) is 12.8 Å². The third-order valence-electron chi connectivity index (χ3n) is 2.43. The molecule has 0 bridgehead atoms. The lowest BCUT2D eigenvalue weighted by Crippen LogP contribution is -2.23. The Hall–Kier alpha value is -0.860. The molecule has 0 spiro atoms. The van der Waals surface area contributed by atoms with Crippen molar-refractivity contribution >= 4 is 0 Å². The van der Waals surface area contributed by atoms with Gasteiger partial charge in [-0.3, -0.25) is 0 Å². The molecule has 0 amide bonds. The van der Waals surface area contributed by atoms with Crippen LogP contribution in [-0.2, 0) is 0 Å². The Labute approximate surface area is 85.2 Å². The van der Waals surface area contributed by atoms with Gasteiger partial charge in [0.05, 0.1) is 6.10 Å². The first-order valence-electron chi connectivity index (χ1n) is 4.95. The van der Waals surface area contributed by atoms with Gasteiger partial charge in [0, 0.05) is 0 Å². The van der Waals surface area contributed by atoms with E-state index in [0.29, 0.717) is 0 Å². The Morgan fingerprint density at radius 2 is 1.50 bits per heavy atom. The van der Waals surface area contributed by atoms with Crippen LogP contribution in [0.2, 0.25) is 0 Å². The Morgan fingerprint density at radius 3 is 1.93 bits per heavy atom. The maximum atomic E-state index is 9.80. The molecule has 0 saturated heterocycles. The quantitative estimate of drug-likeness (QED) is 0.773. The van der Waals surface area contributed by atoms with Gasteiger partial charge in [-0.15, -0.1) is 0 Å². The third-order valence-corrected chi connectivity index (χ3v) is 2.43. The second-order valence-electron chi connectivity index (χ2n) is 4.09. The SMILES string of the molecule is Cc1ccc(C(O)C(O)C(C)C)cc1. The molecular weight excluding hydrogens is 176 g/mol. The van der Waals surface area contributed by atoms with Crippen LogP contribution >= 0.6 is 0 Å². The Kier molecular flexibility index (Phi) is 3.67. The molecule has 2 nitrogen and oxygen atoms in total. The molecule has 0 fully saturated rings. The summed E-state index contributed by atoms with van der Waals surface area (Å²) in [7, 11) is 0. The first-order chi connectivity index (χ1) is 6.52. The van der Waals surface area contributed by atoms with E-state index in [-0.39, 0.29) is 5.92 Å². The van der Waals surface area contributed by atoms with Gasteiger partial charge < -0.3 is 10.2 Å². The van der Waals surface area contributed by atoms with E-state index in [9.17, 15) is 10.2 Å². The molecule has 0 radical (unpaired) electrons. The lowest BCUT2D eigenvalue weighted by atomic mass is 9.96. The summed E-state index contributed by atoms with van der Waals surface area (Å²) in [6.45, 7) is 5.78. The predicted octanol–water partition coefficient (Wildman–Crippen LogP) is 2.05. The fourth-order valence-electron chi connectivity index (χ4n) is 1.33. The van der Waals surface area contributed by atoms with E-state index in [2.05, 4.69) is 0 Å². The van der Waals surface area contributed by atoms with Crippen LogP contribution in [0.1, 0.15) is 31.1 Å². The van der Waals surface area contributed by atoms with Crippen molar-refractivity contribution in [2.24, 2.45) is 5.92 Å². The zero-order valence-electron chi connectivity index (χ0n) is 8.94. The van der Waals surface area contributed by atoms with Crippen molar-refractivity contribution in [1.82, 2.24) is 0 Å². The summed E-state index contributed by atoms with van der Waals surface area (Å²) in [4.78, 5) is 0. The lowest BCUT2D eigenvalue weighted by Gasteiger charge is -2.21. The fourth-order valence-corrected chi connectivity index (χ4v) is 1.33. The van der Waals surface area contributed by atoms with Crippen molar-refractivity contribution < 1.29 is 10.2 Å². The van der Waals surface area contributed by atoms with Crippen molar-refractivity contribution in [3.05, 3.63) is 35.4 Å². The first-order valence-corrected chi connectivity index (χ1v) is 4.95. The van der Waals surface area contributed by atoms with Gasteiger partial charge in [0.1, 0.15) is 6.10 Å². The molecular formula is C12H18O2. The summed E-state index contributed by atoms with van der Waals surface area (Å²) in [5.41, 5.74) is 1.93. The molecule has 2 heteroatoms. The second kappa shape index (κ2) is 4.58. The van der Waals surface area contributed by atoms with Crippen LogP contribution in [0.5, 0.6) is 0 Å². The monoisotopic (exact) mass is 194 g/mol. The third kappa shape index (κ3) is 2.56. The van der Waals surface area contributed by atoms with Gasteiger partial charge >= 0.3 is 0 Å². The van der Waals surface area contributed by atoms with Crippen molar-refractivity contribution in [3.8, 4) is 0 Å². The normalized spacial score (nSPS) is 15.6. The van der Waals surface area contributed by atoms with E-state index < -0.39 is 12.2 Å². The molecule has 2 N–H and O–H groups in total. The fraction of sp³-hybridized carbons (Fsp3) is 0.500. The number of aliphatic hydroxyl groups is 2. The highest BCUT2D eigenvalue weighted by molar-refractivity contribution is 5.23. The van der Waals surface area contributed by atoms with E-state index in [1.807, 2.05) is 45.0 Å². The van der Waals surface area contributed by atoms with E-state index in [1.165, 1.54) is 0 Å². The maximum absolute atomic E-state index is 9.80. The number of aryl methyl sites for hydroxylation is 1. The molecule has 0 aliphatic heterocycles. The highest BCUT2D eigenvalue weighted by Crippen LogP contribution is 2.21. The summed E-state index contributed by atoms with van der Waals surface area (Å²) in [5.74, 6) is 0.0614. The Morgan fingerprint density at radius 1 is 1.00 bits per heavy atom. The lowest BCUT2D eigenvalue weighted by molar-refractivity contribution is -0.00939. The maximum Gasteiger partial charge on any atom is 0.105 e. The molecule has 78 valence electrons. The minimum absolute atomic E-state index is 0.0614. The van der Waals surface area contributed by atoms with Crippen molar-refractivity contribution in [2.45, 2.75) is 33.0 Å². The first kappa shape index (κ1) is 11.2. The molecule has 0 heterocycles. The minimum atomic E-state index is -0.782. The molecule has 1 rings (SSSR count). The van der Waals surface area contributed by atoms with Crippen LogP contribution < -0.4 is 0 Å². The zero-order chi connectivity index (χ0) is 10.7. The molecule has 0 saturated carbocycles. The van der Waals surface area contributed by atoms with Gasteiger partial charge in [0.25, 0.3) is 0 Å². The van der Waals surface area contributed by atoms with Gasteiger partial charge in [0.2, 0.25) is 0 Å². The second-order valence-corrected chi connectivity index (χ2v) is 4.09. The number of aliphatic hydroxyl groups excluding tert-OH is 2. The average molecular weight is 194 g/mol. The molecule has 14 heavy (non-hydrogen) atoms. The minimum Gasteiger partial charge on any atom is -0.390 e. The van der Waals surface area contributed by atoms with Gasteiger partial charge in [-0.1, -0.05) is 43.7 Å². The van der Waals surface area contributed by atoms with Crippen molar-refractivity contribution in [1.29, 1.82) is 0 Å². The Balaban J connectivity index is 2.78. The largest absolute Gasteiger partial charge is 0.390 e. The predicted molar refractivity (Wildman–Crippen MR) is 57.0 cm³/mol. The van der Waals surface area contributed by atoms with E-state index in [0.717, 1.165) is 11.1 Å². The van der Waals surface area contributed by atoms with Crippen LogP contribution in [-0.4, -0.2) is 16.3 Å². The summed E-state index contributed by atoms with van der Waals surface area (Å²) in [5, 5.41) is 19.5. The van der Waals surface area contributed by atoms with E-state index in [1.54, 1.807) is 0 Å². The van der Waals surface area contributed by atoms with Crippen LogP contribution in [0.25, 0.3) is 0 Å². The number of benzene rings is 1. The van der Waals surface area contributed by atoms with Crippen molar-refractivity contribution in [2.75, 3.05) is 0 Å². The summed E-state index contributed by atoms with van der Waals surface area (Å²) < 4.78 is 0. The molecule has 0 aliphatic carbocycles. The number of rotatable bonds is 3. The number of hydrogen-bond donors (Lipinski definition) is 2. The van der Waals surface area contributed by atoms with Crippen molar-refractivity contribution in [3.63, 3.8) is 0 Å². The highest BCUT2D eigenvalue weighted by Gasteiger charge is 2.20. The standard InChI is InChI=1S/C12H18O2/c1-8(2)11(13)12(14)10-6-4-9(3)5-7-10/h4-8,11-14H,1-3H3. The van der Waals surface area contributed by atoms with Gasteiger partial charge in [-0.25, -0.2) is 0 Å². The van der Waals surface area contributed by atoms with Crippen LogP contribution in [0.4, 0.5) is 0 Å². The van der Waals surface area contributed by atoms with Gasteiger partial charge in [-0.05, 0) is 18.4 Å². The van der Waals surface area contributed by atoms with Crippen LogP contribution in [0.3, 0.4) is 0 Å². The zero-order valence-corrected chi connectivity index (χ0v) is 8.94. The Bertz CT molecular complexity index is 277. The number of hydrogen-bond acceptors (Lipinski definition) is 2. The molecule has 0 aromatic heterocycles. The van der Waals surface area contributed by atoms with Gasteiger partial charge in [0.15, 0.2) is 0 Å². The highest BCUT2D eigenvalue weighted by atomic mass is 16.3. The summed E-state index contributed by atoms with van der Waals surface area (Å²) >= 11 is 0.